The van der Waals surface area contributed by atoms with Gasteiger partial charge in [0.25, 0.3) is 5.91 Å². The third-order valence-electron chi connectivity index (χ3n) is 5.29. The SMILES string of the molecule is O=C(c1ccccc1F)N(Cc1cccnc1)Cc1nccn1Cc1ccccc1C(F)(F)F. The molecule has 34 heavy (non-hydrogen) atoms. The molecule has 0 aliphatic carbocycles. The summed E-state index contributed by atoms with van der Waals surface area (Å²) in [6.45, 7) is -0.00408. The van der Waals surface area contributed by atoms with Gasteiger partial charge in [-0.2, -0.15) is 13.2 Å². The Morgan fingerprint density at radius 1 is 0.941 bits per heavy atom. The molecular weight excluding hydrogens is 448 g/mol. The molecule has 174 valence electrons. The van der Waals surface area contributed by atoms with Crippen LogP contribution in [0.4, 0.5) is 17.6 Å². The molecule has 4 aromatic rings. The van der Waals surface area contributed by atoms with Gasteiger partial charge in [0.05, 0.1) is 17.7 Å². The highest BCUT2D eigenvalue weighted by molar-refractivity contribution is 5.94. The molecule has 0 spiro atoms. The van der Waals surface area contributed by atoms with Crippen LogP contribution in [0.25, 0.3) is 0 Å². The Morgan fingerprint density at radius 2 is 1.71 bits per heavy atom. The van der Waals surface area contributed by atoms with Gasteiger partial charge in [-0.1, -0.05) is 36.4 Å². The van der Waals surface area contributed by atoms with E-state index in [-0.39, 0.29) is 30.8 Å². The van der Waals surface area contributed by atoms with Crippen LogP contribution in [-0.4, -0.2) is 25.3 Å². The molecule has 0 atom stereocenters. The fraction of sp³-hybridized carbons (Fsp3) is 0.160. The predicted octanol–water partition coefficient (Wildman–Crippen LogP) is 5.33. The van der Waals surface area contributed by atoms with Crippen LogP contribution in [-0.2, 0) is 25.8 Å². The van der Waals surface area contributed by atoms with Crippen molar-refractivity contribution in [1.82, 2.24) is 19.4 Å². The minimum atomic E-state index is -4.50. The van der Waals surface area contributed by atoms with Crippen molar-refractivity contribution < 1.29 is 22.4 Å². The Hall–Kier alpha value is -4.01. The van der Waals surface area contributed by atoms with Gasteiger partial charge in [0.1, 0.15) is 11.6 Å². The number of pyridine rings is 1. The molecular formula is C25H20F4N4O. The standard InChI is InChI=1S/C25H20F4N4O/c26-22-10-4-2-8-20(22)24(34)33(15-18-6-5-11-30-14-18)17-23-31-12-13-32(23)16-19-7-1-3-9-21(19)25(27,28)29/h1-14H,15-17H2. The van der Waals surface area contributed by atoms with E-state index < -0.39 is 23.5 Å². The van der Waals surface area contributed by atoms with Gasteiger partial charge in [-0.15, -0.1) is 0 Å². The maximum absolute atomic E-state index is 14.4. The number of benzene rings is 2. The van der Waals surface area contributed by atoms with Crippen LogP contribution in [0.3, 0.4) is 0 Å². The fourth-order valence-electron chi connectivity index (χ4n) is 3.64. The van der Waals surface area contributed by atoms with Gasteiger partial charge in [0, 0.05) is 37.9 Å². The van der Waals surface area contributed by atoms with Crippen LogP contribution in [0.1, 0.15) is 32.9 Å². The van der Waals surface area contributed by atoms with E-state index >= 15 is 0 Å². The molecule has 1 amide bonds. The van der Waals surface area contributed by atoms with Crippen LogP contribution in [0.2, 0.25) is 0 Å². The van der Waals surface area contributed by atoms with Crippen LogP contribution in [0, 0.1) is 5.82 Å². The van der Waals surface area contributed by atoms with E-state index in [2.05, 4.69) is 9.97 Å². The summed E-state index contributed by atoms with van der Waals surface area (Å²) in [6.07, 6.45) is 1.70. The number of hydrogen-bond acceptors (Lipinski definition) is 3. The fourth-order valence-corrected chi connectivity index (χ4v) is 3.64. The van der Waals surface area contributed by atoms with Crippen LogP contribution < -0.4 is 0 Å². The first-order chi connectivity index (χ1) is 16.3. The topological polar surface area (TPSA) is 51.0 Å². The summed E-state index contributed by atoms with van der Waals surface area (Å²) in [5.74, 6) is -0.858. The van der Waals surface area contributed by atoms with Crippen molar-refractivity contribution in [3.8, 4) is 0 Å². The number of halogens is 4. The molecule has 2 heterocycles. The van der Waals surface area contributed by atoms with Crippen molar-refractivity contribution in [3.05, 3.63) is 119 Å². The van der Waals surface area contributed by atoms with Gasteiger partial charge in [-0.05, 0) is 35.4 Å². The summed E-state index contributed by atoms with van der Waals surface area (Å²) in [5.41, 5.74) is -0.0441. The molecule has 0 fully saturated rings. The van der Waals surface area contributed by atoms with Gasteiger partial charge in [0.15, 0.2) is 0 Å². The van der Waals surface area contributed by atoms with E-state index in [1.165, 1.54) is 47.5 Å². The highest BCUT2D eigenvalue weighted by Crippen LogP contribution is 2.32. The minimum Gasteiger partial charge on any atom is -0.329 e. The number of nitrogens with zero attached hydrogens (tertiary/aromatic N) is 4. The Labute approximate surface area is 193 Å². The summed E-state index contributed by atoms with van der Waals surface area (Å²) < 4.78 is 56.2. The number of imidazole rings is 1. The van der Waals surface area contributed by atoms with Crippen molar-refractivity contribution in [1.29, 1.82) is 0 Å². The van der Waals surface area contributed by atoms with Gasteiger partial charge >= 0.3 is 6.18 Å². The zero-order valence-electron chi connectivity index (χ0n) is 17.9. The Bertz CT molecular complexity index is 1270. The number of hydrogen-bond donors (Lipinski definition) is 0. The maximum atomic E-state index is 14.4. The highest BCUT2D eigenvalue weighted by Gasteiger charge is 2.33. The van der Waals surface area contributed by atoms with Gasteiger partial charge in [-0.3, -0.25) is 9.78 Å². The zero-order chi connectivity index (χ0) is 24.1. The third kappa shape index (κ3) is 5.31. The second-order valence-electron chi connectivity index (χ2n) is 7.63. The third-order valence-corrected chi connectivity index (χ3v) is 5.29. The van der Waals surface area contributed by atoms with E-state index in [0.717, 1.165) is 6.07 Å². The summed E-state index contributed by atoms with van der Waals surface area (Å²) in [4.78, 5) is 22.9. The lowest BCUT2D eigenvalue weighted by atomic mass is 10.1. The molecule has 0 saturated heterocycles. The van der Waals surface area contributed by atoms with E-state index in [4.69, 9.17) is 0 Å². The predicted molar refractivity (Wildman–Crippen MR) is 117 cm³/mol. The Kier molecular flexibility index (Phi) is 6.72. The quantitative estimate of drug-likeness (QED) is 0.345. The molecule has 0 aliphatic rings. The summed E-state index contributed by atoms with van der Waals surface area (Å²) >= 11 is 0. The number of amides is 1. The Balaban J connectivity index is 1.64. The highest BCUT2D eigenvalue weighted by atomic mass is 19.4. The molecule has 9 heteroatoms. The monoisotopic (exact) mass is 468 g/mol. The van der Waals surface area contributed by atoms with Crippen molar-refractivity contribution >= 4 is 5.91 Å². The van der Waals surface area contributed by atoms with E-state index in [1.807, 2.05) is 0 Å². The summed E-state index contributed by atoms with van der Waals surface area (Å²) in [7, 11) is 0. The molecule has 0 radical (unpaired) electrons. The van der Waals surface area contributed by atoms with Crippen molar-refractivity contribution in [3.63, 3.8) is 0 Å². The van der Waals surface area contributed by atoms with Crippen molar-refractivity contribution in [2.24, 2.45) is 0 Å². The minimum absolute atomic E-state index is 0.0384. The average molecular weight is 468 g/mol. The number of alkyl halides is 3. The van der Waals surface area contributed by atoms with Crippen LogP contribution in [0.5, 0.6) is 0 Å². The number of carbonyl (C=O) groups is 1. The van der Waals surface area contributed by atoms with Crippen molar-refractivity contribution in [2.45, 2.75) is 25.8 Å². The first kappa shape index (κ1) is 23.2. The largest absolute Gasteiger partial charge is 0.416 e. The smallest absolute Gasteiger partial charge is 0.329 e. The molecule has 0 unspecified atom stereocenters. The van der Waals surface area contributed by atoms with Crippen molar-refractivity contribution in [2.75, 3.05) is 0 Å². The van der Waals surface area contributed by atoms with Gasteiger partial charge < -0.3 is 9.47 Å². The normalized spacial score (nSPS) is 11.4. The number of rotatable bonds is 7. The van der Waals surface area contributed by atoms with E-state index in [9.17, 15) is 22.4 Å². The molecule has 0 N–H and O–H groups in total. The lowest BCUT2D eigenvalue weighted by Gasteiger charge is -2.23. The van der Waals surface area contributed by atoms with Crippen LogP contribution >= 0.6 is 0 Å². The molecule has 4 rings (SSSR count). The second-order valence-corrected chi connectivity index (χ2v) is 7.63. The van der Waals surface area contributed by atoms with E-state index in [0.29, 0.717) is 11.4 Å². The zero-order valence-corrected chi connectivity index (χ0v) is 17.9. The maximum Gasteiger partial charge on any atom is 0.416 e. The lowest BCUT2D eigenvalue weighted by molar-refractivity contribution is -0.138. The molecule has 0 bridgehead atoms. The average Bonchev–Trinajstić information content (AvgIpc) is 3.25. The van der Waals surface area contributed by atoms with Gasteiger partial charge in [0.2, 0.25) is 0 Å². The van der Waals surface area contributed by atoms with Crippen LogP contribution in [0.15, 0.2) is 85.5 Å². The number of aromatic nitrogens is 3. The molecule has 2 aromatic heterocycles. The molecule has 5 nitrogen and oxygen atoms in total. The molecule has 0 saturated carbocycles. The molecule has 2 aromatic carbocycles. The summed E-state index contributed by atoms with van der Waals surface area (Å²) in [6, 6.07) is 14.4. The van der Waals surface area contributed by atoms with Gasteiger partial charge in [-0.25, -0.2) is 9.37 Å². The number of carbonyl (C=O) groups excluding carboxylic acids is 1. The first-order valence-corrected chi connectivity index (χ1v) is 10.4. The lowest BCUT2D eigenvalue weighted by Crippen LogP contribution is -2.32. The Morgan fingerprint density at radius 3 is 2.44 bits per heavy atom. The summed E-state index contributed by atoms with van der Waals surface area (Å²) in [5, 5.41) is 0. The first-order valence-electron chi connectivity index (χ1n) is 10.4. The molecule has 0 aliphatic heterocycles. The second kappa shape index (κ2) is 9.86. The van der Waals surface area contributed by atoms with E-state index in [1.54, 1.807) is 41.4 Å².